The number of hydrogen-bond donors (Lipinski definition) is 1. The smallest absolute Gasteiger partial charge is 0.207 e. The Kier molecular flexibility index (Phi) is 3.75. The topological polar surface area (TPSA) is 42.7 Å². The van der Waals surface area contributed by atoms with Crippen molar-refractivity contribution in [3.63, 3.8) is 0 Å². The maximum Gasteiger partial charge on any atom is 0.207 e. The van der Waals surface area contributed by atoms with Crippen molar-refractivity contribution in [2.75, 3.05) is 11.9 Å². The van der Waals surface area contributed by atoms with Gasteiger partial charge >= 0.3 is 0 Å². The first kappa shape index (κ1) is 11.6. The Bertz CT molecular complexity index is 462. The molecule has 17 heavy (non-hydrogen) atoms. The molecule has 0 bridgehead atoms. The molecular weight excluding hydrogens is 212 g/mol. The van der Waals surface area contributed by atoms with Crippen molar-refractivity contribution in [3.05, 3.63) is 36.4 Å². The number of imidazole rings is 1. The maximum atomic E-state index is 4.48. The third-order valence-electron chi connectivity index (χ3n) is 2.56. The fraction of sp³-hybridized carbons (Fsp3) is 0.385. The summed E-state index contributed by atoms with van der Waals surface area (Å²) in [7, 11) is 0. The quantitative estimate of drug-likeness (QED) is 0.803. The van der Waals surface area contributed by atoms with Gasteiger partial charge in [0.15, 0.2) is 0 Å². The van der Waals surface area contributed by atoms with E-state index < -0.39 is 0 Å². The van der Waals surface area contributed by atoms with Crippen LogP contribution < -0.4 is 5.32 Å². The van der Waals surface area contributed by atoms with Crippen LogP contribution >= 0.6 is 0 Å². The highest BCUT2D eigenvalue weighted by Crippen LogP contribution is 2.15. The van der Waals surface area contributed by atoms with E-state index in [2.05, 4.69) is 22.2 Å². The molecule has 0 aliphatic rings. The van der Waals surface area contributed by atoms with E-state index in [4.69, 9.17) is 0 Å². The predicted molar refractivity (Wildman–Crippen MR) is 69.5 cm³/mol. The molecule has 2 rings (SSSR count). The lowest BCUT2D eigenvalue weighted by Crippen LogP contribution is -2.07. The molecule has 0 spiro atoms. The van der Waals surface area contributed by atoms with Crippen LogP contribution in [0.15, 0.2) is 30.7 Å². The molecule has 1 N–H and O–H groups in total. The number of pyridine rings is 1. The molecule has 4 nitrogen and oxygen atoms in total. The minimum Gasteiger partial charge on any atom is -0.355 e. The van der Waals surface area contributed by atoms with Gasteiger partial charge in [-0.2, -0.15) is 0 Å². The molecule has 0 unspecified atom stereocenters. The number of nitrogens with one attached hydrogen (secondary N) is 1. The van der Waals surface area contributed by atoms with Gasteiger partial charge in [-0.3, -0.25) is 9.55 Å². The predicted octanol–water partition coefficient (Wildman–Crippen LogP) is 2.79. The summed E-state index contributed by atoms with van der Waals surface area (Å²) < 4.78 is 2.04. The first-order chi connectivity index (χ1) is 8.31. The van der Waals surface area contributed by atoms with Crippen LogP contribution in [0.1, 0.15) is 25.5 Å². The third-order valence-corrected chi connectivity index (χ3v) is 2.56. The highest BCUT2D eigenvalue weighted by Gasteiger charge is 2.06. The SMILES string of the molecule is CCCCNc1nc(C)cn1-c1cccnc1. The molecule has 0 radical (unpaired) electrons. The number of aryl methyl sites for hydroxylation is 1. The van der Waals surface area contributed by atoms with Crippen molar-refractivity contribution >= 4 is 5.95 Å². The lowest BCUT2D eigenvalue weighted by Gasteiger charge is -2.08. The van der Waals surface area contributed by atoms with Crippen molar-refractivity contribution in [2.45, 2.75) is 26.7 Å². The number of aromatic nitrogens is 3. The molecule has 90 valence electrons. The standard InChI is InChI=1S/C13H18N4/c1-3-4-8-15-13-16-11(2)10-17(13)12-6-5-7-14-9-12/h5-7,9-10H,3-4,8H2,1-2H3,(H,15,16). The monoisotopic (exact) mass is 230 g/mol. The van der Waals surface area contributed by atoms with Crippen LogP contribution in [0.5, 0.6) is 0 Å². The summed E-state index contributed by atoms with van der Waals surface area (Å²) in [6, 6.07) is 3.96. The fourth-order valence-corrected chi connectivity index (χ4v) is 1.69. The van der Waals surface area contributed by atoms with E-state index in [0.29, 0.717) is 0 Å². The summed E-state index contributed by atoms with van der Waals surface area (Å²) in [5.41, 5.74) is 2.04. The van der Waals surface area contributed by atoms with Crippen molar-refractivity contribution in [1.29, 1.82) is 0 Å². The van der Waals surface area contributed by atoms with Crippen molar-refractivity contribution in [3.8, 4) is 5.69 Å². The largest absolute Gasteiger partial charge is 0.355 e. The van der Waals surface area contributed by atoms with Gasteiger partial charge in [-0.25, -0.2) is 4.98 Å². The average Bonchev–Trinajstić information content (AvgIpc) is 2.72. The summed E-state index contributed by atoms with van der Waals surface area (Å²) in [5, 5.41) is 3.36. The van der Waals surface area contributed by atoms with E-state index >= 15 is 0 Å². The van der Waals surface area contributed by atoms with Gasteiger partial charge < -0.3 is 5.32 Å². The third kappa shape index (κ3) is 2.84. The Morgan fingerprint density at radius 3 is 3.00 bits per heavy atom. The zero-order chi connectivity index (χ0) is 12.1. The number of nitrogens with zero attached hydrogens (tertiary/aromatic N) is 3. The second-order valence-electron chi connectivity index (χ2n) is 4.07. The molecule has 0 aliphatic carbocycles. The van der Waals surface area contributed by atoms with Crippen molar-refractivity contribution in [2.24, 2.45) is 0 Å². The Balaban J connectivity index is 2.22. The van der Waals surface area contributed by atoms with Crippen LogP contribution in [0.2, 0.25) is 0 Å². The minimum atomic E-state index is 0.893. The van der Waals surface area contributed by atoms with Crippen LogP contribution in [0.25, 0.3) is 5.69 Å². The maximum absolute atomic E-state index is 4.48. The van der Waals surface area contributed by atoms with E-state index in [1.54, 1.807) is 6.20 Å². The summed E-state index contributed by atoms with van der Waals surface area (Å²) in [6.45, 7) is 5.13. The highest BCUT2D eigenvalue weighted by molar-refractivity contribution is 5.41. The summed E-state index contributed by atoms with van der Waals surface area (Å²) in [5.74, 6) is 0.893. The van der Waals surface area contributed by atoms with Crippen molar-refractivity contribution < 1.29 is 0 Å². The van der Waals surface area contributed by atoms with Gasteiger partial charge in [-0.1, -0.05) is 13.3 Å². The molecule has 0 aliphatic heterocycles. The normalized spacial score (nSPS) is 10.5. The van der Waals surface area contributed by atoms with Gasteiger partial charge in [-0.15, -0.1) is 0 Å². The average molecular weight is 230 g/mol. The lowest BCUT2D eigenvalue weighted by atomic mass is 10.3. The second-order valence-corrected chi connectivity index (χ2v) is 4.07. The van der Waals surface area contributed by atoms with Crippen LogP contribution in [0.3, 0.4) is 0 Å². The number of unbranched alkanes of at least 4 members (excludes halogenated alkanes) is 1. The van der Waals surface area contributed by atoms with E-state index in [9.17, 15) is 0 Å². The van der Waals surface area contributed by atoms with Gasteiger partial charge in [-0.05, 0) is 25.5 Å². The van der Waals surface area contributed by atoms with Crippen LogP contribution in [-0.2, 0) is 0 Å². The molecule has 0 atom stereocenters. The Morgan fingerprint density at radius 2 is 2.29 bits per heavy atom. The Morgan fingerprint density at radius 1 is 1.41 bits per heavy atom. The molecule has 4 heteroatoms. The first-order valence-corrected chi connectivity index (χ1v) is 6.01. The molecule has 0 saturated carbocycles. The van der Waals surface area contributed by atoms with Gasteiger partial charge in [0, 0.05) is 18.9 Å². The highest BCUT2D eigenvalue weighted by atomic mass is 15.2. The first-order valence-electron chi connectivity index (χ1n) is 6.01. The van der Waals surface area contributed by atoms with Gasteiger partial charge in [0.2, 0.25) is 5.95 Å². The number of anilines is 1. The fourth-order valence-electron chi connectivity index (χ4n) is 1.69. The molecule has 0 saturated heterocycles. The summed E-state index contributed by atoms with van der Waals surface area (Å²) in [6.07, 6.45) is 7.97. The Hall–Kier alpha value is -1.84. The Labute approximate surface area is 102 Å². The molecular formula is C13H18N4. The second kappa shape index (κ2) is 5.48. The molecule has 2 aromatic rings. The zero-order valence-electron chi connectivity index (χ0n) is 10.3. The van der Waals surface area contributed by atoms with Crippen molar-refractivity contribution in [1.82, 2.24) is 14.5 Å². The molecule has 2 heterocycles. The summed E-state index contributed by atoms with van der Waals surface area (Å²) in [4.78, 5) is 8.61. The minimum absolute atomic E-state index is 0.893. The van der Waals surface area contributed by atoms with E-state index in [1.165, 1.54) is 6.42 Å². The number of hydrogen-bond acceptors (Lipinski definition) is 3. The van der Waals surface area contributed by atoms with E-state index in [0.717, 1.165) is 30.3 Å². The van der Waals surface area contributed by atoms with Gasteiger partial charge in [0.25, 0.3) is 0 Å². The molecule has 0 amide bonds. The number of rotatable bonds is 5. The van der Waals surface area contributed by atoms with Gasteiger partial charge in [0.1, 0.15) is 0 Å². The molecule has 0 aromatic carbocycles. The lowest BCUT2D eigenvalue weighted by molar-refractivity contribution is 0.822. The van der Waals surface area contributed by atoms with Gasteiger partial charge in [0.05, 0.1) is 17.6 Å². The molecule has 2 aromatic heterocycles. The van der Waals surface area contributed by atoms with Crippen LogP contribution in [0, 0.1) is 6.92 Å². The molecule has 0 fully saturated rings. The van der Waals surface area contributed by atoms with E-state index in [-0.39, 0.29) is 0 Å². The van der Waals surface area contributed by atoms with Crippen LogP contribution in [-0.4, -0.2) is 21.1 Å². The van der Waals surface area contributed by atoms with Crippen LogP contribution in [0.4, 0.5) is 5.95 Å². The summed E-state index contributed by atoms with van der Waals surface area (Å²) >= 11 is 0. The zero-order valence-corrected chi connectivity index (χ0v) is 10.3. The van der Waals surface area contributed by atoms with E-state index in [1.807, 2.05) is 36.0 Å².